The van der Waals surface area contributed by atoms with Crippen LogP contribution in [0, 0.1) is 10.1 Å². The molecule has 0 amide bonds. The largest absolute Gasteiger partial charge is 0.303 e. The number of likely N-dealkylation sites (tertiary alicyclic amines) is 1. The van der Waals surface area contributed by atoms with Crippen molar-refractivity contribution in [1.29, 1.82) is 0 Å². The molecule has 0 bridgehead atoms. The minimum absolute atomic E-state index is 0.177. The van der Waals surface area contributed by atoms with E-state index in [1.165, 1.54) is 11.1 Å². The Labute approximate surface area is 160 Å². The smallest absolute Gasteiger partial charge is 0.269 e. The van der Waals surface area contributed by atoms with E-state index in [0.29, 0.717) is 0 Å². The van der Waals surface area contributed by atoms with Crippen molar-refractivity contribution < 1.29 is 4.92 Å². The molecule has 2 aliphatic rings. The summed E-state index contributed by atoms with van der Waals surface area (Å²) in [5.41, 5.74) is 4.45. The van der Waals surface area contributed by atoms with Gasteiger partial charge in [-0.1, -0.05) is 36.4 Å². The molecule has 0 radical (unpaired) electrons. The van der Waals surface area contributed by atoms with Crippen LogP contribution >= 0.6 is 0 Å². The molecule has 27 heavy (non-hydrogen) atoms. The number of nitro groups is 1. The normalized spacial score (nSPS) is 19.7. The number of non-ortho nitro benzene ring substituents is 1. The maximum absolute atomic E-state index is 11.0. The zero-order chi connectivity index (χ0) is 18.9. The van der Waals surface area contributed by atoms with Crippen molar-refractivity contribution in [3.05, 3.63) is 75.3 Å². The lowest BCUT2D eigenvalue weighted by Crippen LogP contribution is -2.54. The molecule has 0 aliphatic carbocycles. The molecule has 5 nitrogen and oxygen atoms in total. The number of hydrogen-bond acceptors (Lipinski definition) is 4. The van der Waals surface area contributed by atoms with Crippen LogP contribution in [0.3, 0.4) is 0 Å². The number of nitro benzene ring substituents is 1. The van der Waals surface area contributed by atoms with Gasteiger partial charge in [-0.25, -0.2) is 0 Å². The minimum atomic E-state index is -0.315. The van der Waals surface area contributed by atoms with Crippen LogP contribution in [0.1, 0.15) is 29.5 Å². The predicted molar refractivity (Wildman–Crippen MR) is 107 cm³/mol. The molecule has 2 aromatic rings. The van der Waals surface area contributed by atoms with Crippen molar-refractivity contribution in [2.75, 3.05) is 33.2 Å². The number of benzene rings is 2. The molecule has 142 valence electrons. The molecule has 0 atom stereocenters. The van der Waals surface area contributed by atoms with Crippen LogP contribution in [-0.4, -0.2) is 47.9 Å². The second-order valence-corrected chi connectivity index (χ2v) is 7.88. The fourth-order valence-corrected chi connectivity index (χ4v) is 4.81. The molecular formula is C22H27N3O2. The highest BCUT2D eigenvalue weighted by atomic mass is 16.6. The molecule has 1 saturated heterocycles. The van der Waals surface area contributed by atoms with Crippen molar-refractivity contribution in [3.63, 3.8) is 0 Å². The van der Waals surface area contributed by atoms with Crippen molar-refractivity contribution >= 4 is 5.69 Å². The molecule has 4 rings (SSSR count). The van der Waals surface area contributed by atoms with Crippen molar-refractivity contribution in [2.45, 2.75) is 31.2 Å². The van der Waals surface area contributed by atoms with Gasteiger partial charge in [0, 0.05) is 43.9 Å². The molecule has 2 aromatic carbocycles. The summed E-state index contributed by atoms with van der Waals surface area (Å²) in [6.07, 6.45) is 4.30. The topological polar surface area (TPSA) is 49.6 Å². The van der Waals surface area contributed by atoms with Crippen molar-refractivity contribution in [3.8, 4) is 0 Å². The van der Waals surface area contributed by atoms with E-state index in [-0.39, 0.29) is 16.1 Å². The van der Waals surface area contributed by atoms with Crippen LogP contribution in [0.15, 0.2) is 48.5 Å². The second kappa shape index (κ2) is 7.41. The van der Waals surface area contributed by atoms with Crippen LogP contribution in [0.2, 0.25) is 0 Å². The standard InChI is InChI=1S/C22H27N3O2/c1-23-13-10-19-6-2-3-8-21(19)22(23)11-15-24(16-12-22)14-9-18-5-4-7-20(17-18)25(26)27/h2-8,17H,9-16H2,1H3. The first-order chi connectivity index (χ1) is 13.1. The van der Waals surface area contributed by atoms with E-state index >= 15 is 0 Å². The third-order valence-electron chi connectivity index (χ3n) is 6.49. The molecular weight excluding hydrogens is 338 g/mol. The lowest BCUT2D eigenvalue weighted by Gasteiger charge is -2.51. The summed E-state index contributed by atoms with van der Waals surface area (Å²) < 4.78 is 0. The van der Waals surface area contributed by atoms with Crippen LogP contribution in [0.5, 0.6) is 0 Å². The summed E-state index contributed by atoms with van der Waals surface area (Å²) in [6, 6.07) is 16.0. The highest BCUT2D eigenvalue weighted by Gasteiger charge is 2.42. The van der Waals surface area contributed by atoms with Crippen LogP contribution in [0.25, 0.3) is 0 Å². The molecule has 5 heteroatoms. The molecule has 0 unspecified atom stereocenters. The van der Waals surface area contributed by atoms with Gasteiger partial charge in [-0.15, -0.1) is 0 Å². The summed E-state index contributed by atoms with van der Waals surface area (Å²) in [5.74, 6) is 0. The van der Waals surface area contributed by atoms with Gasteiger partial charge in [-0.3, -0.25) is 15.0 Å². The first kappa shape index (κ1) is 18.1. The van der Waals surface area contributed by atoms with Gasteiger partial charge in [0.1, 0.15) is 0 Å². The van der Waals surface area contributed by atoms with Gasteiger partial charge >= 0.3 is 0 Å². The lowest BCUT2D eigenvalue weighted by molar-refractivity contribution is -0.384. The minimum Gasteiger partial charge on any atom is -0.303 e. The highest BCUT2D eigenvalue weighted by Crippen LogP contribution is 2.42. The third-order valence-corrected chi connectivity index (χ3v) is 6.49. The Kier molecular flexibility index (Phi) is 4.98. The van der Waals surface area contributed by atoms with Gasteiger partial charge in [0.25, 0.3) is 5.69 Å². The summed E-state index contributed by atoms with van der Waals surface area (Å²) >= 11 is 0. The Morgan fingerprint density at radius 3 is 2.63 bits per heavy atom. The van der Waals surface area contributed by atoms with E-state index in [1.807, 2.05) is 6.07 Å². The van der Waals surface area contributed by atoms with Crippen molar-refractivity contribution in [2.24, 2.45) is 0 Å². The number of fused-ring (bicyclic) bond motifs is 2. The quantitative estimate of drug-likeness (QED) is 0.613. The molecule has 0 N–H and O–H groups in total. The molecule has 0 aromatic heterocycles. The van der Waals surface area contributed by atoms with Gasteiger partial charge in [0.05, 0.1) is 4.92 Å². The van der Waals surface area contributed by atoms with E-state index in [0.717, 1.165) is 57.4 Å². The van der Waals surface area contributed by atoms with Crippen LogP contribution < -0.4 is 0 Å². The first-order valence-electron chi connectivity index (χ1n) is 9.84. The van der Waals surface area contributed by atoms with E-state index in [1.54, 1.807) is 18.2 Å². The lowest BCUT2D eigenvalue weighted by atomic mass is 9.74. The molecule has 2 aliphatic heterocycles. The number of likely N-dealkylation sites (N-methyl/N-ethyl adjacent to an activating group) is 1. The zero-order valence-corrected chi connectivity index (χ0v) is 15.9. The van der Waals surface area contributed by atoms with E-state index in [2.05, 4.69) is 41.1 Å². The van der Waals surface area contributed by atoms with Crippen LogP contribution in [0.4, 0.5) is 5.69 Å². The number of hydrogen-bond donors (Lipinski definition) is 0. The predicted octanol–water partition coefficient (Wildman–Crippen LogP) is 3.62. The van der Waals surface area contributed by atoms with Gasteiger partial charge in [-0.2, -0.15) is 0 Å². The number of piperidine rings is 1. The number of nitrogens with zero attached hydrogens (tertiary/aromatic N) is 3. The summed E-state index contributed by atoms with van der Waals surface area (Å²) in [6.45, 7) is 4.24. The van der Waals surface area contributed by atoms with E-state index < -0.39 is 0 Å². The Morgan fingerprint density at radius 2 is 1.85 bits per heavy atom. The third kappa shape index (κ3) is 3.49. The fourth-order valence-electron chi connectivity index (χ4n) is 4.81. The Balaban J connectivity index is 1.41. The number of rotatable bonds is 4. The Hall–Kier alpha value is -2.24. The van der Waals surface area contributed by atoms with E-state index in [4.69, 9.17) is 0 Å². The van der Waals surface area contributed by atoms with Gasteiger partial charge in [-0.05, 0) is 49.4 Å². The zero-order valence-electron chi connectivity index (χ0n) is 15.9. The maximum atomic E-state index is 11.0. The Bertz CT molecular complexity index is 828. The molecule has 2 heterocycles. The van der Waals surface area contributed by atoms with Crippen molar-refractivity contribution in [1.82, 2.24) is 9.80 Å². The first-order valence-corrected chi connectivity index (χ1v) is 9.84. The van der Waals surface area contributed by atoms with Gasteiger partial charge in [0.15, 0.2) is 0 Å². The fraction of sp³-hybridized carbons (Fsp3) is 0.455. The average molecular weight is 365 g/mol. The van der Waals surface area contributed by atoms with Gasteiger partial charge < -0.3 is 4.90 Å². The summed E-state index contributed by atoms with van der Waals surface area (Å²) in [7, 11) is 2.27. The second-order valence-electron chi connectivity index (χ2n) is 7.88. The highest BCUT2D eigenvalue weighted by molar-refractivity contribution is 5.37. The average Bonchev–Trinajstić information content (AvgIpc) is 2.71. The van der Waals surface area contributed by atoms with E-state index in [9.17, 15) is 10.1 Å². The summed E-state index contributed by atoms with van der Waals surface area (Å²) in [5, 5.41) is 11.0. The molecule has 0 saturated carbocycles. The molecule has 1 spiro atoms. The van der Waals surface area contributed by atoms with Crippen LogP contribution in [-0.2, 0) is 18.4 Å². The Morgan fingerprint density at radius 1 is 1.07 bits per heavy atom. The molecule has 1 fully saturated rings. The SMILES string of the molecule is CN1CCc2ccccc2C12CCN(CCc1cccc([N+](=O)[O-])c1)CC2. The maximum Gasteiger partial charge on any atom is 0.269 e. The summed E-state index contributed by atoms with van der Waals surface area (Å²) in [4.78, 5) is 15.7. The monoisotopic (exact) mass is 365 g/mol. The van der Waals surface area contributed by atoms with Gasteiger partial charge in [0.2, 0.25) is 0 Å².